The average Bonchev–Trinajstić information content (AvgIpc) is 2.47. The van der Waals surface area contributed by atoms with Crippen LogP contribution in [0.25, 0.3) is 0 Å². The van der Waals surface area contributed by atoms with E-state index in [1.807, 2.05) is 0 Å². The number of methoxy groups -OCH3 is 1. The van der Waals surface area contributed by atoms with Crippen molar-refractivity contribution in [2.45, 2.75) is 25.8 Å². The molecule has 1 heterocycles. The van der Waals surface area contributed by atoms with E-state index in [-0.39, 0.29) is 24.6 Å². The zero-order valence-corrected chi connectivity index (χ0v) is 8.58. The number of urea groups is 1. The van der Waals surface area contributed by atoms with Crippen molar-refractivity contribution in [2.24, 2.45) is 0 Å². The van der Waals surface area contributed by atoms with Crippen LogP contribution in [0.15, 0.2) is 0 Å². The van der Waals surface area contributed by atoms with E-state index in [1.165, 1.54) is 12.0 Å². The van der Waals surface area contributed by atoms with Crippen LogP contribution in [0.1, 0.15) is 19.8 Å². The third-order valence-corrected chi connectivity index (χ3v) is 2.24. The van der Waals surface area contributed by atoms with Gasteiger partial charge in [0.25, 0.3) is 0 Å². The summed E-state index contributed by atoms with van der Waals surface area (Å²) in [6.07, 6.45) is 1.97. The van der Waals surface area contributed by atoms with Gasteiger partial charge >= 0.3 is 12.0 Å². The van der Waals surface area contributed by atoms with Gasteiger partial charge < -0.3 is 15.0 Å². The van der Waals surface area contributed by atoms with Gasteiger partial charge in [0.1, 0.15) is 6.54 Å². The van der Waals surface area contributed by atoms with Crippen molar-refractivity contribution < 1.29 is 14.3 Å². The molecule has 1 unspecified atom stereocenters. The fourth-order valence-electron chi connectivity index (χ4n) is 1.53. The Bertz CT molecular complexity index is 230. The highest BCUT2D eigenvalue weighted by atomic mass is 16.5. The molecule has 0 saturated carbocycles. The topological polar surface area (TPSA) is 58.6 Å². The highest BCUT2D eigenvalue weighted by Gasteiger charge is 2.29. The van der Waals surface area contributed by atoms with Gasteiger partial charge in [0.05, 0.1) is 7.11 Å². The lowest BCUT2D eigenvalue weighted by atomic mass is 10.2. The van der Waals surface area contributed by atoms with Gasteiger partial charge in [-0.05, 0) is 6.42 Å². The van der Waals surface area contributed by atoms with Crippen molar-refractivity contribution in [3.8, 4) is 0 Å². The molecule has 1 N–H and O–H groups in total. The first kappa shape index (κ1) is 10.8. The molecule has 1 fully saturated rings. The van der Waals surface area contributed by atoms with Crippen molar-refractivity contribution in [3.05, 3.63) is 0 Å². The van der Waals surface area contributed by atoms with Crippen LogP contribution in [0.4, 0.5) is 4.79 Å². The molecule has 0 bridgehead atoms. The van der Waals surface area contributed by atoms with Crippen molar-refractivity contribution in [1.82, 2.24) is 10.2 Å². The number of esters is 1. The molecule has 0 radical (unpaired) electrons. The van der Waals surface area contributed by atoms with E-state index in [0.717, 1.165) is 12.8 Å². The van der Waals surface area contributed by atoms with Crippen molar-refractivity contribution in [1.29, 1.82) is 0 Å². The summed E-state index contributed by atoms with van der Waals surface area (Å²) in [7, 11) is 1.32. The van der Waals surface area contributed by atoms with Crippen LogP contribution in [0, 0.1) is 0 Å². The molecule has 1 rings (SSSR count). The number of nitrogens with zero attached hydrogens (tertiary/aromatic N) is 1. The average molecular weight is 200 g/mol. The Morgan fingerprint density at radius 3 is 3.00 bits per heavy atom. The Morgan fingerprint density at radius 1 is 1.71 bits per heavy atom. The van der Waals surface area contributed by atoms with Crippen molar-refractivity contribution in [2.75, 3.05) is 20.2 Å². The van der Waals surface area contributed by atoms with Crippen LogP contribution in [0.2, 0.25) is 0 Å². The first-order valence-corrected chi connectivity index (χ1v) is 4.79. The highest BCUT2D eigenvalue weighted by molar-refractivity contribution is 5.82. The maximum atomic E-state index is 11.3. The summed E-state index contributed by atoms with van der Waals surface area (Å²) in [5.74, 6) is -0.378. The van der Waals surface area contributed by atoms with Crippen molar-refractivity contribution in [3.63, 3.8) is 0 Å². The fraction of sp³-hybridized carbons (Fsp3) is 0.778. The number of rotatable bonds is 4. The van der Waals surface area contributed by atoms with E-state index < -0.39 is 0 Å². The smallest absolute Gasteiger partial charge is 0.325 e. The molecule has 1 saturated heterocycles. The van der Waals surface area contributed by atoms with E-state index in [2.05, 4.69) is 17.0 Å². The van der Waals surface area contributed by atoms with Gasteiger partial charge in [-0.2, -0.15) is 0 Å². The van der Waals surface area contributed by atoms with Gasteiger partial charge in [-0.3, -0.25) is 4.79 Å². The molecule has 5 heteroatoms. The Balaban J connectivity index is 2.40. The predicted octanol–water partition coefficient (Wildman–Crippen LogP) is 0.353. The van der Waals surface area contributed by atoms with Gasteiger partial charge in [0, 0.05) is 12.6 Å². The van der Waals surface area contributed by atoms with E-state index in [4.69, 9.17) is 0 Å². The van der Waals surface area contributed by atoms with Gasteiger partial charge in [-0.25, -0.2) is 4.79 Å². The lowest BCUT2D eigenvalue weighted by molar-refractivity contribution is -0.141. The largest absolute Gasteiger partial charge is 0.468 e. The lowest BCUT2D eigenvalue weighted by Crippen LogP contribution is -2.33. The summed E-state index contributed by atoms with van der Waals surface area (Å²) in [6, 6.07) is 0.00556. The molecule has 5 nitrogen and oxygen atoms in total. The fourth-order valence-corrected chi connectivity index (χ4v) is 1.53. The quantitative estimate of drug-likeness (QED) is 0.666. The van der Waals surface area contributed by atoms with E-state index >= 15 is 0 Å². The summed E-state index contributed by atoms with van der Waals surface area (Å²) in [5, 5.41) is 2.81. The second-order valence-corrected chi connectivity index (χ2v) is 3.39. The Morgan fingerprint density at radius 2 is 2.43 bits per heavy atom. The molecule has 1 aliphatic heterocycles. The monoisotopic (exact) mass is 200 g/mol. The molecule has 14 heavy (non-hydrogen) atoms. The first-order valence-electron chi connectivity index (χ1n) is 4.79. The normalized spacial score (nSPS) is 20.9. The second-order valence-electron chi connectivity index (χ2n) is 3.39. The number of ether oxygens (including phenoxy) is 1. The second kappa shape index (κ2) is 4.83. The molecular formula is C9H16N2O3. The van der Waals surface area contributed by atoms with Crippen LogP contribution in [-0.4, -0.2) is 43.1 Å². The molecule has 0 spiro atoms. The minimum Gasteiger partial charge on any atom is -0.468 e. The standard InChI is InChI=1S/C9H16N2O3/c1-3-4-7-5-11(9(13)10-7)6-8(12)14-2/h7H,3-6H2,1-2H3,(H,10,13). The number of carbonyl (C=O) groups excluding carboxylic acids is 2. The van der Waals surface area contributed by atoms with Gasteiger partial charge in [-0.1, -0.05) is 13.3 Å². The van der Waals surface area contributed by atoms with Crippen molar-refractivity contribution >= 4 is 12.0 Å². The third-order valence-electron chi connectivity index (χ3n) is 2.24. The summed E-state index contributed by atoms with van der Waals surface area (Å²) >= 11 is 0. The maximum absolute atomic E-state index is 11.3. The van der Waals surface area contributed by atoms with Crippen LogP contribution in [-0.2, 0) is 9.53 Å². The Hall–Kier alpha value is -1.26. The van der Waals surface area contributed by atoms with E-state index in [9.17, 15) is 9.59 Å². The summed E-state index contributed by atoms with van der Waals surface area (Å²) < 4.78 is 4.50. The molecule has 80 valence electrons. The van der Waals surface area contributed by atoms with Gasteiger partial charge in [0.2, 0.25) is 0 Å². The molecule has 0 aromatic carbocycles. The number of nitrogens with one attached hydrogen (secondary N) is 1. The number of carbonyl (C=O) groups is 2. The summed E-state index contributed by atoms with van der Waals surface area (Å²) in [6.45, 7) is 2.71. The first-order chi connectivity index (χ1) is 6.67. The number of hydrogen-bond acceptors (Lipinski definition) is 3. The molecule has 0 aliphatic carbocycles. The highest BCUT2D eigenvalue weighted by Crippen LogP contribution is 2.08. The van der Waals surface area contributed by atoms with Gasteiger partial charge in [-0.15, -0.1) is 0 Å². The number of hydrogen-bond donors (Lipinski definition) is 1. The van der Waals surface area contributed by atoms with Crippen LogP contribution in [0.5, 0.6) is 0 Å². The summed E-state index contributed by atoms with van der Waals surface area (Å²) in [4.78, 5) is 23.7. The van der Waals surface area contributed by atoms with Crippen LogP contribution in [0.3, 0.4) is 0 Å². The predicted molar refractivity (Wildman–Crippen MR) is 50.8 cm³/mol. The zero-order chi connectivity index (χ0) is 10.6. The third kappa shape index (κ3) is 2.61. The molecule has 0 aromatic rings. The zero-order valence-electron chi connectivity index (χ0n) is 8.58. The van der Waals surface area contributed by atoms with Gasteiger partial charge in [0.15, 0.2) is 0 Å². The SMILES string of the molecule is CCCC1CN(CC(=O)OC)C(=O)N1. The summed E-state index contributed by atoms with van der Waals surface area (Å²) in [5.41, 5.74) is 0. The minimum atomic E-state index is -0.378. The Labute approximate surface area is 83.4 Å². The molecule has 1 atom stereocenters. The lowest BCUT2D eigenvalue weighted by Gasteiger charge is -2.12. The van der Waals surface area contributed by atoms with E-state index in [0.29, 0.717) is 6.54 Å². The van der Waals surface area contributed by atoms with E-state index in [1.54, 1.807) is 0 Å². The molecule has 0 aromatic heterocycles. The number of amides is 2. The maximum Gasteiger partial charge on any atom is 0.325 e. The Kier molecular flexibility index (Phi) is 3.73. The van der Waals surface area contributed by atoms with Crippen LogP contribution < -0.4 is 5.32 Å². The van der Waals surface area contributed by atoms with Crippen LogP contribution >= 0.6 is 0 Å². The molecule has 1 aliphatic rings. The molecule has 2 amide bonds. The minimum absolute atomic E-state index is 0.0442. The molecular weight excluding hydrogens is 184 g/mol.